The Morgan fingerprint density at radius 1 is 1.47 bits per heavy atom. The molecule has 1 aromatic heterocycles. The highest BCUT2D eigenvalue weighted by atomic mass is 16.5. The van der Waals surface area contributed by atoms with Crippen LogP contribution >= 0.6 is 0 Å². The molecule has 1 atom stereocenters. The molecule has 3 rings (SSSR count). The maximum Gasteiger partial charge on any atom is 0.229 e. The zero-order valence-electron chi connectivity index (χ0n) is 8.48. The van der Waals surface area contributed by atoms with Gasteiger partial charge < -0.3 is 14.4 Å². The van der Waals surface area contributed by atoms with Gasteiger partial charge in [0.2, 0.25) is 5.89 Å². The van der Waals surface area contributed by atoms with Crippen molar-refractivity contribution in [1.82, 2.24) is 10.1 Å². The van der Waals surface area contributed by atoms with Gasteiger partial charge >= 0.3 is 0 Å². The van der Waals surface area contributed by atoms with E-state index in [1.807, 2.05) is 0 Å². The molecular formula is C10H14N2O3. The lowest BCUT2D eigenvalue weighted by atomic mass is 9.99. The predicted molar refractivity (Wildman–Crippen MR) is 50.4 cm³/mol. The zero-order valence-corrected chi connectivity index (χ0v) is 8.48. The molecule has 5 nitrogen and oxygen atoms in total. The van der Waals surface area contributed by atoms with Crippen LogP contribution in [0.3, 0.4) is 0 Å². The fourth-order valence-electron chi connectivity index (χ4n) is 1.86. The van der Waals surface area contributed by atoms with Crippen LogP contribution in [-0.2, 0) is 11.2 Å². The minimum absolute atomic E-state index is 0.369. The number of hydrogen-bond acceptors (Lipinski definition) is 5. The molecule has 0 spiro atoms. The maximum atomic E-state index is 10.1. The summed E-state index contributed by atoms with van der Waals surface area (Å²) in [6, 6.07) is 0. The van der Waals surface area contributed by atoms with E-state index in [9.17, 15) is 5.11 Å². The van der Waals surface area contributed by atoms with Gasteiger partial charge in [-0.3, -0.25) is 0 Å². The van der Waals surface area contributed by atoms with Crippen LogP contribution in [0.4, 0.5) is 0 Å². The molecule has 82 valence electrons. The first-order valence-corrected chi connectivity index (χ1v) is 5.38. The highest BCUT2D eigenvalue weighted by Gasteiger charge is 2.35. The third-order valence-corrected chi connectivity index (χ3v) is 2.99. The normalized spacial score (nSPS) is 31.0. The van der Waals surface area contributed by atoms with Gasteiger partial charge in [0.1, 0.15) is 0 Å². The Kier molecular flexibility index (Phi) is 2.03. The summed E-state index contributed by atoms with van der Waals surface area (Å²) in [5.41, 5.74) is -0.798. The Balaban J connectivity index is 1.70. The largest absolute Gasteiger partial charge is 0.387 e. The van der Waals surface area contributed by atoms with E-state index in [0.29, 0.717) is 37.9 Å². The van der Waals surface area contributed by atoms with E-state index in [0.717, 1.165) is 18.7 Å². The van der Waals surface area contributed by atoms with Crippen LogP contribution in [0.1, 0.15) is 36.9 Å². The van der Waals surface area contributed by atoms with Gasteiger partial charge in [-0.15, -0.1) is 0 Å². The van der Waals surface area contributed by atoms with Crippen LogP contribution in [0.15, 0.2) is 4.52 Å². The molecule has 1 unspecified atom stereocenters. The van der Waals surface area contributed by atoms with Crippen LogP contribution in [0.2, 0.25) is 0 Å². The molecule has 2 fully saturated rings. The number of aromatic nitrogens is 2. The Hall–Kier alpha value is -0.940. The lowest BCUT2D eigenvalue weighted by Gasteiger charge is -2.16. The van der Waals surface area contributed by atoms with Gasteiger partial charge in [0.15, 0.2) is 5.82 Å². The van der Waals surface area contributed by atoms with Crippen LogP contribution in [0, 0.1) is 0 Å². The highest BCUT2D eigenvalue weighted by Crippen LogP contribution is 2.38. The molecule has 1 aliphatic carbocycles. The number of hydrogen-bond donors (Lipinski definition) is 1. The maximum absolute atomic E-state index is 10.1. The first kappa shape index (κ1) is 9.30. The smallest absolute Gasteiger partial charge is 0.229 e. The third-order valence-electron chi connectivity index (χ3n) is 2.99. The minimum Gasteiger partial charge on any atom is -0.387 e. The molecule has 1 N–H and O–H groups in total. The summed E-state index contributed by atoms with van der Waals surface area (Å²) in [6.07, 6.45) is 3.37. The summed E-state index contributed by atoms with van der Waals surface area (Å²) in [7, 11) is 0. The quantitative estimate of drug-likeness (QED) is 0.793. The second-order valence-electron chi connectivity index (χ2n) is 4.52. The van der Waals surface area contributed by atoms with Crippen LogP contribution in [-0.4, -0.2) is 34.1 Å². The minimum atomic E-state index is -0.798. The molecule has 1 aromatic rings. The SMILES string of the molecule is OC1(Cc2nc(C3CC3)no2)CCOC1. The van der Waals surface area contributed by atoms with E-state index in [1.165, 1.54) is 0 Å². The molecule has 15 heavy (non-hydrogen) atoms. The molecule has 0 amide bonds. The summed E-state index contributed by atoms with van der Waals surface area (Å²) in [6.45, 7) is 0.980. The lowest BCUT2D eigenvalue weighted by Crippen LogP contribution is -2.31. The van der Waals surface area contributed by atoms with Crippen molar-refractivity contribution >= 4 is 0 Å². The Morgan fingerprint density at radius 3 is 3.00 bits per heavy atom. The van der Waals surface area contributed by atoms with Crippen molar-refractivity contribution in [2.45, 2.75) is 37.2 Å². The fourth-order valence-corrected chi connectivity index (χ4v) is 1.86. The predicted octanol–water partition coefficient (Wildman–Crippen LogP) is 0.641. The average Bonchev–Trinajstić information content (AvgIpc) is 2.83. The molecule has 0 bridgehead atoms. The molecule has 5 heteroatoms. The molecule has 2 heterocycles. The van der Waals surface area contributed by atoms with E-state index in [4.69, 9.17) is 9.26 Å². The number of nitrogens with zero attached hydrogens (tertiary/aromatic N) is 2. The molecule has 1 aliphatic heterocycles. The molecule has 1 saturated heterocycles. The average molecular weight is 210 g/mol. The van der Waals surface area contributed by atoms with Gasteiger partial charge in [0, 0.05) is 18.9 Å². The van der Waals surface area contributed by atoms with Crippen LogP contribution in [0.25, 0.3) is 0 Å². The van der Waals surface area contributed by atoms with Gasteiger partial charge in [-0.2, -0.15) is 4.98 Å². The fraction of sp³-hybridized carbons (Fsp3) is 0.800. The van der Waals surface area contributed by atoms with Gasteiger partial charge in [-0.1, -0.05) is 5.16 Å². The van der Waals surface area contributed by atoms with E-state index in [-0.39, 0.29) is 0 Å². The van der Waals surface area contributed by atoms with Gasteiger partial charge in [-0.05, 0) is 12.8 Å². The number of ether oxygens (including phenoxy) is 1. The third kappa shape index (κ3) is 1.89. The molecule has 1 saturated carbocycles. The van der Waals surface area contributed by atoms with Crippen molar-refractivity contribution < 1.29 is 14.4 Å². The van der Waals surface area contributed by atoms with Crippen LogP contribution < -0.4 is 0 Å². The van der Waals surface area contributed by atoms with Crippen molar-refractivity contribution in [2.24, 2.45) is 0 Å². The number of aliphatic hydroxyl groups is 1. The highest BCUT2D eigenvalue weighted by molar-refractivity contribution is 5.04. The van der Waals surface area contributed by atoms with E-state index in [2.05, 4.69) is 10.1 Å². The van der Waals surface area contributed by atoms with Crippen molar-refractivity contribution in [3.05, 3.63) is 11.7 Å². The summed E-state index contributed by atoms with van der Waals surface area (Å²) in [5.74, 6) is 1.83. The van der Waals surface area contributed by atoms with Crippen molar-refractivity contribution in [1.29, 1.82) is 0 Å². The molecule has 0 radical (unpaired) electrons. The first-order valence-electron chi connectivity index (χ1n) is 5.38. The molecule has 2 aliphatic rings. The molecule has 0 aromatic carbocycles. The molecular weight excluding hydrogens is 196 g/mol. The summed E-state index contributed by atoms with van der Waals surface area (Å²) < 4.78 is 10.3. The van der Waals surface area contributed by atoms with E-state index >= 15 is 0 Å². The summed E-state index contributed by atoms with van der Waals surface area (Å²) >= 11 is 0. The summed E-state index contributed by atoms with van der Waals surface area (Å²) in [5, 5.41) is 14.0. The van der Waals surface area contributed by atoms with Crippen molar-refractivity contribution in [3.63, 3.8) is 0 Å². The second kappa shape index (κ2) is 3.28. The summed E-state index contributed by atoms with van der Waals surface area (Å²) in [4.78, 5) is 4.29. The first-order chi connectivity index (χ1) is 7.25. The topological polar surface area (TPSA) is 68.4 Å². The second-order valence-corrected chi connectivity index (χ2v) is 4.52. The standard InChI is InChI=1S/C10H14N2O3/c13-10(3-4-14-6-10)5-8-11-9(12-15-8)7-1-2-7/h7,13H,1-6H2. The van der Waals surface area contributed by atoms with Crippen molar-refractivity contribution in [3.8, 4) is 0 Å². The zero-order chi connectivity index (χ0) is 10.3. The van der Waals surface area contributed by atoms with E-state index in [1.54, 1.807) is 0 Å². The Bertz CT molecular complexity index is 353. The lowest BCUT2D eigenvalue weighted by molar-refractivity contribution is 0.0207. The van der Waals surface area contributed by atoms with Gasteiger partial charge in [-0.25, -0.2) is 0 Å². The number of rotatable bonds is 3. The van der Waals surface area contributed by atoms with Crippen molar-refractivity contribution in [2.75, 3.05) is 13.2 Å². The van der Waals surface area contributed by atoms with Crippen LogP contribution in [0.5, 0.6) is 0 Å². The Morgan fingerprint density at radius 2 is 2.33 bits per heavy atom. The van der Waals surface area contributed by atoms with Gasteiger partial charge in [0.05, 0.1) is 18.6 Å². The van der Waals surface area contributed by atoms with E-state index < -0.39 is 5.60 Å². The van der Waals surface area contributed by atoms with Gasteiger partial charge in [0.25, 0.3) is 0 Å². The Labute approximate surface area is 87.4 Å². The monoisotopic (exact) mass is 210 g/mol.